The number of amides is 1. The van der Waals surface area contributed by atoms with E-state index >= 15 is 0 Å². The van der Waals surface area contributed by atoms with Crippen molar-refractivity contribution in [3.05, 3.63) is 29.6 Å². The number of aliphatic hydroxyl groups excluding tert-OH is 1. The summed E-state index contributed by atoms with van der Waals surface area (Å²) < 4.78 is 18.8. The molecule has 2 rings (SSSR count). The Hall–Kier alpha value is -1.62. The number of aliphatic hydroxyl groups is 1. The van der Waals surface area contributed by atoms with Crippen LogP contribution in [-0.4, -0.2) is 30.0 Å². The number of carbonyl (C=O) groups is 1. The Morgan fingerprint density at radius 3 is 2.80 bits per heavy atom. The lowest BCUT2D eigenvalue weighted by atomic mass is 9.90. The third-order valence-electron chi connectivity index (χ3n) is 3.26. The van der Waals surface area contributed by atoms with E-state index in [0.717, 1.165) is 5.56 Å². The fourth-order valence-electron chi connectivity index (χ4n) is 2.35. The highest BCUT2D eigenvalue weighted by Gasteiger charge is 2.31. The fourth-order valence-corrected chi connectivity index (χ4v) is 2.35. The van der Waals surface area contributed by atoms with Gasteiger partial charge in [-0.15, -0.1) is 0 Å². The van der Waals surface area contributed by atoms with E-state index in [0.29, 0.717) is 18.7 Å². The molecule has 0 spiro atoms. The average molecular weight is 281 g/mol. The first-order valence-corrected chi connectivity index (χ1v) is 6.72. The molecular formula is C15H20FNO3. The lowest BCUT2D eigenvalue weighted by molar-refractivity contribution is 0.0574. The van der Waals surface area contributed by atoms with Crippen molar-refractivity contribution in [2.45, 2.75) is 38.7 Å². The van der Waals surface area contributed by atoms with Gasteiger partial charge in [-0.1, -0.05) is 6.07 Å². The number of rotatable bonds is 1. The Kier molecular flexibility index (Phi) is 3.99. The van der Waals surface area contributed by atoms with E-state index in [1.54, 1.807) is 26.8 Å². The summed E-state index contributed by atoms with van der Waals surface area (Å²) >= 11 is 0. The molecule has 1 unspecified atom stereocenters. The number of halogens is 1. The van der Waals surface area contributed by atoms with Crippen molar-refractivity contribution in [1.29, 1.82) is 0 Å². The molecular weight excluding hydrogens is 261 g/mol. The molecule has 1 amide bonds. The minimum atomic E-state index is -0.599. The molecule has 1 aliphatic heterocycles. The van der Waals surface area contributed by atoms with Crippen molar-refractivity contribution < 1.29 is 19.0 Å². The lowest BCUT2D eigenvalue weighted by Crippen LogP contribution is -2.41. The summed E-state index contributed by atoms with van der Waals surface area (Å²) in [6, 6.07) is 4.29. The Morgan fingerprint density at radius 1 is 1.50 bits per heavy atom. The molecule has 1 atom stereocenters. The van der Waals surface area contributed by atoms with Crippen LogP contribution in [0.25, 0.3) is 0 Å². The number of fused-ring (bicyclic) bond motifs is 1. The van der Waals surface area contributed by atoms with Gasteiger partial charge in [0.25, 0.3) is 0 Å². The van der Waals surface area contributed by atoms with Crippen LogP contribution in [0.3, 0.4) is 0 Å². The van der Waals surface area contributed by atoms with Crippen LogP contribution in [0, 0.1) is 5.82 Å². The molecule has 0 bridgehead atoms. The van der Waals surface area contributed by atoms with Gasteiger partial charge < -0.3 is 9.84 Å². The van der Waals surface area contributed by atoms with Crippen molar-refractivity contribution in [3.8, 4) is 0 Å². The molecule has 0 aliphatic carbocycles. The van der Waals surface area contributed by atoms with Gasteiger partial charge in [0.1, 0.15) is 11.4 Å². The highest BCUT2D eigenvalue weighted by atomic mass is 19.1. The van der Waals surface area contributed by atoms with Crippen LogP contribution in [0.1, 0.15) is 38.7 Å². The predicted molar refractivity (Wildman–Crippen MR) is 74.4 cm³/mol. The molecule has 1 aromatic carbocycles. The van der Waals surface area contributed by atoms with Gasteiger partial charge in [-0.05, 0) is 44.9 Å². The van der Waals surface area contributed by atoms with E-state index < -0.39 is 17.5 Å². The molecule has 0 saturated heterocycles. The standard InChI is InChI=1S/C15H20FNO3/c1-15(2,3)20-14(19)17-7-6-10(9-18)12-5-4-11(16)8-13(12)17/h4-5,8,10,18H,6-7,9H2,1-3H3. The second kappa shape index (κ2) is 5.40. The molecule has 0 fully saturated rings. The van der Waals surface area contributed by atoms with Crippen molar-refractivity contribution in [2.75, 3.05) is 18.1 Å². The Bertz CT molecular complexity index is 510. The number of hydrogen-bond acceptors (Lipinski definition) is 3. The zero-order chi connectivity index (χ0) is 14.9. The number of hydrogen-bond donors (Lipinski definition) is 1. The minimum absolute atomic E-state index is 0.0131. The van der Waals surface area contributed by atoms with E-state index in [9.17, 15) is 14.3 Å². The van der Waals surface area contributed by atoms with E-state index in [1.807, 2.05) is 0 Å². The topological polar surface area (TPSA) is 49.8 Å². The highest BCUT2D eigenvalue weighted by molar-refractivity contribution is 5.89. The number of carbonyl (C=O) groups excluding carboxylic acids is 1. The third-order valence-corrected chi connectivity index (χ3v) is 3.26. The van der Waals surface area contributed by atoms with Crippen molar-refractivity contribution in [3.63, 3.8) is 0 Å². The highest BCUT2D eigenvalue weighted by Crippen LogP contribution is 2.36. The van der Waals surface area contributed by atoms with Crippen LogP contribution in [0.4, 0.5) is 14.9 Å². The van der Waals surface area contributed by atoms with E-state index in [2.05, 4.69) is 0 Å². The molecule has 0 radical (unpaired) electrons. The molecule has 1 heterocycles. The van der Waals surface area contributed by atoms with Gasteiger partial charge in [0.2, 0.25) is 0 Å². The van der Waals surface area contributed by atoms with Gasteiger partial charge >= 0.3 is 6.09 Å². The van der Waals surface area contributed by atoms with Crippen LogP contribution in [-0.2, 0) is 4.74 Å². The van der Waals surface area contributed by atoms with Crippen LogP contribution < -0.4 is 4.90 Å². The number of nitrogens with zero attached hydrogens (tertiary/aromatic N) is 1. The molecule has 5 heteroatoms. The predicted octanol–water partition coefficient (Wildman–Crippen LogP) is 3.05. The largest absolute Gasteiger partial charge is 0.443 e. The summed E-state index contributed by atoms with van der Waals surface area (Å²) in [6.45, 7) is 5.77. The monoisotopic (exact) mass is 281 g/mol. The van der Waals surface area contributed by atoms with Gasteiger partial charge in [-0.25, -0.2) is 9.18 Å². The summed E-state index contributed by atoms with van der Waals surface area (Å²) in [5.41, 5.74) is 0.675. The van der Waals surface area contributed by atoms with Crippen LogP contribution in [0.2, 0.25) is 0 Å². The zero-order valence-corrected chi connectivity index (χ0v) is 12.0. The summed E-state index contributed by atoms with van der Waals surface area (Å²) in [6.07, 6.45) is 0.148. The molecule has 4 nitrogen and oxygen atoms in total. The second-order valence-electron chi connectivity index (χ2n) is 6.00. The van der Waals surface area contributed by atoms with Crippen LogP contribution in [0.5, 0.6) is 0 Å². The number of ether oxygens (including phenoxy) is 1. The van der Waals surface area contributed by atoms with E-state index in [-0.39, 0.29) is 12.5 Å². The summed E-state index contributed by atoms with van der Waals surface area (Å²) in [7, 11) is 0. The first-order chi connectivity index (χ1) is 9.31. The second-order valence-corrected chi connectivity index (χ2v) is 6.00. The van der Waals surface area contributed by atoms with Crippen molar-refractivity contribution in [2.24, 2.45) is 0 Å². The fraction of sp³-hybridized carbons (Fsp3) is 0.533. The third kappa shape index (κ3) is 3.10. The average Bonchev–Trinajstić information content (AvgIpc) is 2.34. The lowest BCUT2D eigenvalue weighted by Gasteiger charge is -2.34. The van der Waals surface area contributed by atoms with Gasteiger partial charge in [0, 0.05) is 12.5 Å². The number of benzene rings is 1. The number of anilines is 1. The Balaban J connectivity index is 2.33. The Morgan fingerprint density at radius 2 is 2.20 bits per heavy atom. The Labute approximate surface area is 118 Å². The van der Waals surface area contributed by atoms with Gasteiger partial charge in [0.15, 0.2) is 0 Å². The van der Waals surface area contributed by atoms with E-state index in [4.69, 9.17) is 4.74 Å². The summed E-state index contributed by atoms with van der Waals surface area (Å²) in [5, 5.41) is 9.39. The maximum atomic E-state index is 13.5. The van der Waals surface area contributed by atoms with Gasteiger partial charge in [-0.3, -0.25) is 4.90 Å². The minimum Gasteiger partial charge on any atom is -0.443 e. The SMILES string of the molecule is CC(C)(C)OC(=O)N1CCC(CO)c2ccc(F)cc21. The van der Waals surface area contributed by atoms with Crippen LogP contribution in [0.15, 0.2) is 18.2 Å². The van der Waals surface area contributed by atoms with Crippen molar-refractivity contribution in [1.82, 2.24) is 0 Å². The normalized spacial score (nSPS) is 18.6. The van der Waals surface area contributed by atoms with Crippen LogP contribution >= 0.6 is 0 Å². The summed E-state index contributed by atoms with van der Waals surface area (Å²) in [5.74, 6) is -0.472. The molecule has 20 heavy (non-hydrogen) atoms. The maximum absolute atomic E-state index is 13.5. The first kappa shape index (κ1) is 14.8. The van der Waals surface area contributed by atoms with Crippen molar-refractivity contribution >= 4 is 11.8 Å². The maximum Gasteiger partial charge on any atom is 0.414 e. The summed E-state index contributed by atoms with van der Waals surface area (Å²) in [4.78, 5) is 13.6. The first-order valence-electron chi connectivity index (χ1n) is 6.72. The molecule has 1 N–H and O–H groups in total. The van der Waals surface area contributed by atoms with Gasteiger partial charge in [-0.2, -0.15) is 0 Å². The van der Waals surface area contributed by atoms with E-state index in [1.165, 1.54) is 17.0 Å². The zero-order valence-electron chi connectivity index (χ0n) is 12.0. The molecule has 1 aromatic rings. The smallest absolute Gasteiger partial charge is 0.414 e. The molecule has 0 aromatic heterocycles. The molecule has 0 saturated carbocycles. The molecule has 1 aliphatic rings. The quantitative estimate of drug-likeness (QED) is 0.860. The van der Waals surface area contributed by atoms with Gasteiger partial charge in [0.05, 0.1) is 12.3 Å². The molecule has 110 valence electrons.